The predicted molar refractivity (Wildman–Crippen MR) is 50.0 cm³/mol. The van der Waals surface area contributed by atoms with Crippen LogP contribution in [0.2, 0.25) is 0 Å². The average Bonchev–Trinajstić information content (AvgIpc) is 1.84. The van der Waals surface area contributed by atoms with Gasteiger partial charge >= 0.3 is 72.8 Å². The van der Waals surface area contributed by atoms with Crippen LogP contribution in [-0.4, -0.2) is 17.9 Å². The molecule has 0 saturated carbocycles. The Morgan fingerprint density at radius 2 is 2.18 bits per heavy atom. The SMILES string of the molecule is CCO[PH]1(C(C)S)OC(C)O1. The Balaban J connectivity index is 2.46. The first-order chi connectivity index (χ1) is 5.10. The van der Waals surface area contributed by atoms with Gasteiger partial charge in [0.2, 0.25) is 0 Å². The van der Waals surface area contributed by atoms with Gasteiger partial charge in [-0.25, -0.2) is 0 Å². The van der Waals surface area contributed by atoms with Crippen LogP contribution < -0.4 is 0 Å². The number of hydrogen-bond acceptors (Lipinski definition) is 4. The monoisotopic (exact) mass is 198 g/mol. The van der Waals surface area contributed by atoms with Crippen LogP contribution >= 0.6 is 20.6 Å². The van der Waals surface area contributed by atoms with Crippen LogP contribution in [0.4, 0.5) is 0 Å². The minimum atomic E-state index is -2.32. The zero-order chi connectivity index (χ0) is 8.48. The Kier molecular flexibility index (Phi) is 3.18. The summed E-state index contributed by atoms with van der Waals surface area (Å²) in [6, 6.07) is 0. The van der Waals surface area contributed by atoms with E-state index in [1.165, 1.54) is 0 Å². The molecule has 1 unspecified atom stereocenters. The van der Waals surface area contributed by atoms with Gasteiger partial charge in [-0.3, -0.25) is 0 Å². The van der Waals surface area contributed by atoms with Crippen molar-refractivity contribution >= 4 is 20.6 Å². The van der Waals surface area contributed by atoms with Crippen molar-refractivity contribution in [1.82, 2.24) is 0 Å². The van der Waals surface area contributed by atoms with Crippen LogP contribution in [0.1, 0.15) is 20.8 Å². The molecule has 1 atom stereocenters. The van der Waals surface area contributed by atoms with Gasteiger partial charge < -0.3 is 0 Å². The van der Waals surface area contributed by atoms with Crippen molar-refractivity contribution in [3.63, 3.8) is 0 Å². The summed E-state index contributed by atoms with van der Waals surface area (Å²) in [6.07, 6.45) is -0.109. The molecule has 1 heterocycles. The van der Waals surface area contributed by atoms with Gasteiger partial charge in [0.25, 0.3) is 0 Å². The van der Waals surface area contributed by atoms with E-state index in [-0.39, 0.29) is 11.3 Å². The van der Waals surface area contributed by atoms with Gasteiger partial charge in [0.05, 0.1) is 0 Å². The van der Waals surface area contributed by atoms with Crippen LogP contribution in [0.15, 0.2) is 0 Å². The van der Waals surface area contributed by atoms with Gasteiger partial charge in [-0.1, -0.05) is 0 Å². The van der Waals surface area contributed by atoms with Gasteiger partial charge in [0.15, 0.2) is 0 Å². The maximum atomic E-state index is 5.45. The predicted octanol–water partition coefficient (Wildman–Crippen LogP) is 2.19. The molecule has 1 aliphatic heterocycles. The van der Waals surface area contributed by atoms with Crippen LogP contribution in [-0.2, 0) is 13.6 Å². The van der Waals surface area contributed by atoms with Gasteiger partial charge in [-0.2, -0.15) is 0 Å². The standard InChI is InChI=1S/C6H15O3PS/c1-4-7-10(6(3)11)8-5(2)9-10/h5-6,10-11H,4H2,1-3H3. The Hall–Kier alpha value is 0.660. The normalized spacial score (nSPS) is 34.0. The van der Waals surface area contributed by atoms with Crippen molar-refractivity contribution in [3.05, 3.63) is 0 Å². The Labute approximate surface area is 73.4 Å². The van der Waals surface area contributed by atoms with Gasteiger partial charge in [-0.15, -0.1) is 0 Å². The molecule has 1 rings (SSSR count). The summed E-state index contributed by atoms with van der Waals surface area (Å²) in [5.74, 6) is 0. The molecule has 0 aromatic heterocycles. The first-order valence-corrected chi connectivity index (χ1v) is 6.10. The first kappa shape index (κ1) is 9.75. The quantitative estimate of drug-likeness (QED) is 0.556. The van der Waals surface area contributed by atoms with E-state index in [0.29, 0.717) is 6.61 Å². The van der Waals surface area contributed by atoms with Crippen molar-refractivity contribution < 1.29 is 13.6 Å². The molecule has 68 valence electrons. The Morgan fingerprint density at radius 3 is 2.45 bits per heavy atom. The van der Waals surface area contributed by atoms with E-state index in [0.717, 1.165) is 0 Å². The summed E-state index contributed by atoms with van der Waals surface area (Å²) in [5.41, 5.74) is 0. The van der Waals surface area contributed by atoms with E-state index < -0.39 is 7.94 Å². The summed E-state index contributed by atoms with van der Waals surface area (Å²) >= 11 is 4.27. The van der Waals surface area contributed by atoms with Crippen LogP contribution in [0.5, 0.6) is 0 Å². The van der Waals surface area contributed by atoms with E-state index in [9.17, 15) is 0 Å². The van der Waals surface area contributed by atoms with E-state index in [4.69, 9.17) is 13.6 Å². The van der Waals surface area contributed by atoms with Crippen molar-refractivity contribution in [2.45, 2.75) is 32.1 Å². The fourth-order valence-corrected chi connectivity index (χ4v) is 3.76. The van der Waals surface area contributed by atoms with Crippen LogP contribution in [0.3, 0.4) is 0 Å². The third-order valence-corrected chi connectivity index (χ3v) is 5.50. The molecule has 1 fully saturated rings. The molecule has 0 radical (unpaired) electrons. The van der Waals surface area contributed by atoms with Gasteiger partial charge in [0.1, 0.15) is 0 Å². The van der Waals surface area contributed by atoms with Gasteiger partial charge in [0, 0.05) is 0 Å². The second-order valence-electron chi connectivity index (χ2n) is 2.52. The molecule has 0 N–H and O–H groups in total. The van der Waals surface area contributed by atoms with Crippen molar-refractivity contribution in [2.24, 2.45) is 0 Å². The zero-order valence-corrected chi connectivity index (χ0v) is 8.93. The molecule has 1 aliphatic rings. The number of thiol groups is 1. The molecule has 0 amide bonds. The molecule has 0 aliphatic carbocycles. The summed E-state index contributed by atoms with van der Waals surface area (Å²) < 4.78 is 16.3. The molecule has 0 aromatic carbocycles. The Bertz CT molecular complexity index is 130. The zero-order valence-electron chi connectivity index (χ0n) is 7.03. The van der Waals surface area contributed by atoms with E-state index >= 15 is 0 Å². The van der Waals surface area contributed by atoms with Gasteiger partial charge in [-0.05, 0) is 0 Å². The fourth-order valence-electron chi connectivity index (χ4n) is 1.06. The van der Waals surface area contributed by atoms with Crippen molar-refractivity contribution in [3.8, 4) is 0 Å². The second kappa shape index (κ2) is 3.58. The van der Waals surface area contributed by atoms with E-state index in [1.54, 1.807) is 0 Å². The van der Waals surface area contributed by atoms with Crippen molar-refractivity contribution in [1.29, 1.82) is 0 Å². The topological polar surface area (TPSA) is 27.7 Å². The third kappa shape index (κ3) is 1.87. The van der Waals surface area contributed by atoms with E-state index in [2.05, 4.69) is 12.6 Å². The molecule has 5 heteroatoms. The fraction of sp³-hybridized carbons (Fsp3) is 1.00. The summed E-state index contributed by atoms with van der Waals surface area (Å²) in [7, 11) is -2.32. The van der Waals surface area contributed by atoms with Crippen molar-refractivity contribution in [2.75, 3.05) is 6.61 Å². The summed E-state index contributed by atoms with van der Waals surface area (Å²) in [4.78, 5) is 0.0682. The molecule has 0 spiro atoms. The summed E-state index contributed by atoms with van der Waals surface area (Å²) in [6.45, 7) is 6.36. The molecule has 1 saturated heterocycles. The third-order valence-electron chi connectivity index (χ3n) is 1.52. The Morgan fingerprint density at radius 1 is 1.64 bits per heavy atom. The van der Waals surface area contributed by atoms with E-state index in [1.807, 2.05) is 20.8 Å². The summed E-state index contributed by atoms with van der Waals surface area (Å²) in [5, 5.41) is 0. The molecule has 0 aromatic rings. The number of rotatable bonds is 3. The molecule has 3 nitrogen and oxygen atoms in total. The average molecular weight is 198 g/mol. The second-order valence-corrected chi connectivity index (χ2v) is 6.61. The molecule has 0 bridgehead atoms. The maximum absolute atomic E-state index is 5.45. The minimum absolute atomic E-state index is 0.0682. The van der Waals surface area contributed by atoms with Crippen LogP contribution in [0, 0.1) is 0 Å². The first-order valence-electron chi connectivity index (χ1n) is 3.78. The van der Waals surface area contributed by atoms with Crippen LogP contribution in [0.25, 0.3) is 0 Å². The molecule has 11 heavy (non-hydrogen) atoms. The molecular formula is C6H15O3PS. The number of hydrogen-bond donors (Lipinski definition) is 1. The molecular weight excluding hydrogens is 183 g/mol.